The standard InChI is InChI=1S/C20H21N3O3/c1-3-26-20(25)18(22-21)19(24)23(14-16-10-6-4-7-11-16)15(2)17-12-8-5-9-13-17/h4-13,15H,3,14H2,1-2H3/t15-/m0/s1. The molecule has 0 fully saturated rings. The lowest BCUT2D eigenvalue weighted by atomic mass is 10.0. The van der Waals surface area contributed by atoms with Crippen LogP contribution in [0, 0.1) is 0 Å². The second-order valence-electron chi connectivity index (χ2n) is 5.67. The second-order valence-corrected chi connectivity index (χ2v) is 5.67. The largest absolute Gasteiger partial charge is 0.463 e. The number of rotatable bonds is 7. The van der Waals surface area contributed by atoms with Crippen LogP contribution in [0.1, 0.15) is 31.0 Å². The van der Waals surface area contributed by atoms with Gasteiger partial charge in [-0.3, -0.25) is 4.79 Å². The van der Waals surface area contributed by atoms with Gasteiger partial charge in [0.05, 0.1) is 12.6 Å². The van der Waals surface area contributed by atoms with Crippen LogP contribution in [0.3, 0.4) is 0 Å². The molecule has 0 aliphatic carbocycles. The second kappa shape index (κ2) is 9.30. The lowest BCUT2D eigenvalue weighted by Gasteiger charge is -2.28. The fraction of sp³-hybridized carbons (Fsp3) is 0.250. The van der Waals surface area contributed by atoms with Crippen LogP contribution < -0.4 is 0 Å². The zero-order valence-electron chi connectivity index (χ0n) is 14.8. The van der Waals surface area contributed by atoms with Gasteiger partial charge in [-0.15, -0.1) is 0 Å². The summed E-state index contributed by atoms with van der Waals surface area (Å²) in [6.07, 6.45) is 0. The third kappa shape index (κ3) is 4.65. The van der Waals surface area contributed by atoms with E-state index in [0.29, 0.717) is 0 Å². The van der Waals surface area contributed by atoms with Gasteiger partial charge in [0.2, 0.25) is 0 Å². The fourth-order valence-corrected chi connectivity index (χ4v) is 2.58. The number of carbonyl (C=O) groups excluding carboxylic acids is 2. The molecule has 0 heterocycles. The summed E-state index contributed by atoms with van der Waals surface area (Å²) in [5.74, 6) is -1.63. The Morgan fingerprint density at radius 3 is 2.19 bits per heavy atom. The maximum Gasteiger partial charge on any atom is 0.463 e. The molecule has 0 saturated heterocycles. The molecule has 2 aromatic rings. The molecule has 6 nitrogen and oxygen atoms in total. The first-order valence-electron chi connectivity index (χ1n) is 8.37. The molecule has 1 atom stereocenters. The summed E-state index contributed by atoms with van der Waals surface area (Å²) >= 11 is 0. The Bertz CT molecular complexity index is 800. The first kappa shape index (κ1) is 19.1. The van der Waals surface area contributed by atoms with E-state index in [1.54, 1.807) is 6.92 Å². The first-order valence-corrected chi connectivity index (χ1v) is 8.37. The van der Waals surface area contributed by atoms with Crippen molar-refractivity contribution in [2.24, 2.45) is 0 Å². The lowest BCUT2D eigenvalue weighted by Crippen LogP contribution is -2.42. The summed E-state index contributed by atoms with van der Waals surface area (Å²) in [4.78, 5) is 29.3. The number of ether oxygens (including phenoxy) is 1. The van der Waals surface area contributed by atoms with Crippen LogP contribution >= 0.6 is 0 Å². The van der Waals surface area contributed by atoms with Crippen molar-refractivity contribution in [3.8, 4) is 0 Å². The van der Waals surface area contributed by atoms with Gasteiger partial charge < -0.3 is 15.2 Å². The zero-order chi connectivity index (χ0) is 18.9. The molecule has 2 aromatic carbocycles. The van der Waals surface area contributed by atoms with Crippen LogP contribution in [-0.2, 0) is 20.9 Å². The highest BCUT2D eigenvalue weighted by Crippen LogP contribution is 2.22. The van der Waals surface area contributed by atoms with Gasteiger partial charge in [-0.25, -0.2) is 4.79 Å². The maximum atomic E-state index is 12.9. The molecule has 0 unspecified atom stereocenters. The molecule has 0 N–H and O–H groups in total. The molecule has 6 heteroatoms. The maximum absolute atomic E-state index is 12.9. The van der Waals surface area contributed by atoms with Crippen LogP contribution in [0.25, 0.3) is 5.53 Å². The molecule has 0 spiro atoms. The predicted molar refractivity (Wildman–Crippen MR) is 97.1 cm³/mol. The van der Waals surface area contributed by atoms with E-state index in [9.17, 15) is 15.1 Å². The summed E-state index contributed by atoms with van der Waals surface area (Å²) in [7, 11) is 0. The van der Waals surface area contributed by atoms with Crippen LogP contribution in [0.15, 0.2) is 60.7 Å². The van der Waals surface area contributed by atoms with Crippen molar-refractivity contribution in [1.82, 2.24) is 4.90 Å². The third-order valence-corrected chi connectivity index (χ3v) is 3.98. The summed E-state index contributed by atoms with van der Waals surface area (Å²) < 4.78 is 4.82. The summed E-state index contributed by atoms with van der Waals surface area (Å²) in [5, 5.41) is 0. The van der Waals surface area contributed by atoms with Crippen molar-refractivity contribution in [3.63, 3.8) is 0 Å². The number of benzene rings is 2. The first-order chi connectivity index (χ1) is 12.6. The van der Waals surface area contributed by atoms with Crippen molar-refractivity contribution in [3.05, 3.63) is 77.3 Å². The normalized spacial score (nSPS) is 11.2. The third-order valence-electron chi connectivity index (χ3n) is 3.98. The van der Waals surface area contributed by atoms with E-state index in [-0.39, 0.29) is 19.2 Å². The smallest absolute Gasteiger partial charge is 0.457 e. The van der Waals surface area contributed by atoms with Crippen LogP contribution in [0.2, 0.25) is 0 Å². The molecule has 26 heavy (non-hydrogen) atoms. The molecule has 134 valence electrons. The highest BCUT2D eigenvalue weighted by molar-refractivity contribution is 6.61. The average Bonchev–Trinajstić information content (AvgIpc) is 2.68. The zero-order valence-corrected chi connectivity index (χ0v) is 14.8. The fourth-order valence-electron chi connectivity index (χ4n) is 2.58. The molecule has 0 saturated carbocycles. The average molecular weight is 351 g/mol. The van der Waals surface area contributed by atoms with Crippen molar-refractivity contribution in [2.45, 2.75) is 26.4 Å². The molecule has 0 aliphatic rings. The van der Waals surface area contributed by atoms with Crippen molar-refractivity contribution < 1.29 is 19.1 Å². The lowest BCUT2D eigenvalue weighted by molar-refractivity contribution is -0.144. The Labute approximate surface area is 152 Å². The highest BCUT2D eigenvalue weighted by atomic mass is 16.5. The van der Waals surface area contributed by atoms with E-state index >= 15 is 0 Å². The number of hydrogen-bond donors (Lipinski definition) is 0. The molecular weight excluding hydrogens is 330 g/mol. The summed E-state index contributed by atoms with van der Waals surface area (Å²) in [6, 6.07) is 18.5. The molecule has 2 rings (SSSR count). The Morgan fingerprint density at radius 1 is 1.08 bits per heavy atom. The Kier molecular flexibility index (Phi) is 6.83. The van der Waals surface area contributed by atoms with Crippen molar-refractivity contribution in [2.75, 3.05) is 6.61 Å². The predicted octanol–water partition coefficient (Wildman–Crippen LogP) is 3.01. The van der Waals surface area contributed by atoms with Gasteiger partial charge in [-0.2, -0.15) is 4.79 Å². The van der Waals surface area contributed by atoms with E-state index < -0.39 is 17.6 Å². The van der Waals surface area contributed by atoms with Gasteiger partial charge in [0.1, 0.15) is 0 Å². The monoisotopic (exact) mass is 351 g/mol. The van der Waals surface area contributed by atoms with Crippen LogP contribution in [0.5, 0.6) is 0 Å². The van der Waals surface area contributed by atoms with E-state index in [2.05, 4.69) is 4.79 Å². The SMILES string of the molecule is CCOC(=O)C(=[N+]=[N-])C(=O)N(Cc1ccccc1)[C@@H](C)c1ccccc1. The van der Waals surface area contributed by atoms with E-state index in [1.165, 1.54) is 4.90 Å². The van der Waals surface area contributed by atoms with E-state index in [0.717, 1.165) is 11.1 Å². The van der Waals surface area contributed by atoms with Gasteiger partial charge in [0.25, 0.3) is 0 Å². The number of hydrogen-bond acceptors (Lipinski definition) is 3. The number of carbonyl (C=O) groups is 2. The quantitative estimate of drug-likeness (QED) is 0.253. The minimum Gasteiger partial charge on any atom is -0.457 e. The molecule has 0 radical (unpaired) electrons. The summed E-state index contributed by atoms with van der Waals surface area (Å²) in [6.45, 7) is 3.81. The summed E-state index contributed by atoms with van der Waals surface area (Å²) in [5.41, 5.74) is 10.4. The topological polar surface area (TPSA) is 83.0 Å². The van der Waals surface area contributed by atoms with Crippen molar-refractivity contribution >= 4 is 17.6 Å². The van der Waals surface area contributed by atoms with E-state index in [4.69, 9.17) is 4.74 Å². The Hall–Kier alpha value is -3.24. The molecule has 1 amide bonds. The Morgan fingerprint density at radius 2 is 1.65 bits per heavy atom. The van der Waals surface area contributed by atoms with Crippen LogP contribution in [-0.4, -0.2) is 33.9 Å². The molecular formula is C20H21N3O3. The minimum atomic E-state index is -0.946. The van der Waals surface area contributed by atoms with Gasteiger partial charge in [-0.1, -0.05) is 60.7 Å². The number of esters is 1. The number of amides is 1. The molecule has 0 bridgehead atoms. The van der Waals surface area contributed by atoms with Gasteiger partial charge in [-0.05, 0) is 25.0 Å². The minimum absolute atomic E-state index is 0.0814. The van der Waals surface area contributed by atoms with Gasteiger partial charge in [0, 0.05) is 6.54 Å². The van der Waals surface area contributed by atoms with Gasteiger partial charge in [0.15, 0.2) is 0 Å². The number of nitrogens with zero attached hydrogens (tertiary/aromatic N) is 3. The van der Waals surface area contributed by atoms with E-state index in [1.807, 2.05) is 67.6 Å². The molecule has 0 aromatic heterocycles. The highest BCUT2D eigenvalue weighted by Gasteiger charge is 2.37. The van der Waals surface area contributed by atoms with Crippen LogP contribution in [0.4, 0.5) is 0 Å². The Balaban J connectivity index is 2.37. The van der Waals surface area contributed by atoms with Gasteiger partial charge >= 0.3 is 17.6 Å². The molecule has 0 aliphatic heterocycles. The van der Waals surface area contributed by atoms with Crippen molar-refractivity contribution in [1.29, 1.82) is 0 Å².